The highest BCUT2D eigenvalue weighted by Gasteiger charge is 2.41. The summed E-state index contributed by atoms with van der Waals surface area (Å²) in [5, 5.41) is 3.39. The number of hydrogen-bond acceptors (Lipinski definition) is 4. The van der Waals surface area contributed by atoms with Crippen molar-refractivity contribution in [3.63, 3.8) is 0 Å². The third-order valence-corrected chi connectivity index (χ3v) is 4.05. The summed E-state index contributed by atoms with van der Waals surface area (Å²) in [6, 6.07) is 0. The van der Waals surface area contributed by atoms with Crippen LogP contribution in [0.1, 0.15) is 24.5 Å². The van der Waals surface area contributed by atoms with E-state index in [1.54, 1.807) is 6.20 Å². The molecule has 0 unspecified atom stereocenters. The Balaban J connectivity index is 1.73. The molecular weight excluding hydrogens is 196 g/mol. The third-order valence-electron chi connectivity index (χ3n) is 2.63. The molecule has 3 nitrogen and oxygen atoms in total. The minimum Gasteiger partial charge on any atom is -0.445 e. The third kappa shape index (κ3) is 2.30. The lowest BCUT2D eigenvalue weighted by molar-refractivity contribution is 0.448. The van der Waals surface area contributed by atoms with Gasteiger partial charge in [-0.1, -0.05) is 0 Å². The van der Waals surface area contributed by atoms with Gasteiger partial charge >= 0.3 is 0 Å². The maximum atomic E-state index is 5.37. The van der Waals surface area contributed by atoms with E-state index in [-0.39, 0.29) is 0 Å². The van der Waals surface area contributed by atoms with Gasteiger partial charge in [0.15, 0.2) is 0 Å². The van der Waals surface area contributed by atoms with Crippen LogP contribution in [0.2, 0.25) is 0 Å². The minimum absolute atomic E-state index is 0.516. The summed E-state index contributed by atoms with van der Waals surface area (Å²) in [4.78, 5) is 4.15. The Morgan fingerprint density at radius 1 is 1.64 bits per heavy atom. The number of nitrogens with one attached hydrogen (secondary N) is 1. The lowest BCUT2D eigenvalue weighted by Gasteiger charge is -2.11. The molecule has 0 radical (unpaired) electrons. The number of oxazole rings is 1. The number of rotatable bonds is 5. The van der Waals surface area contributed by atoms with E-state index in [1.165, 1.54) is 12.8 Å². The lowest BCUT2D eigenvalue weighted by Crippen LogP contribution is -2.25. The van der Waals surface area contributed by atoms with Gasteiger partial charge in [0.2, 0.25) is 5.89 Å². The molecule has 1 aliphatic carbocycles. The SMILES string of the molecule is CSC1(CNCc2ncc(C)o2)CC1. The summed E-state index contributed by atoms with van der Waals surface area (Å²) in [6.07, 6.45) is 6.63. The maximum Gasteiger partial charge on any atom is 0.208 e. The van der Waals surface area contributed by atoms with E-state index in [1.807, 2.05) is 18.7 Å². The quantitative estimate of drug-likeness (QED) is 0.810. The van der Waals surface area contributed by atoms with Crippen molar-refractivity contribution >= 4 is 11.8 Å². The molecule has 4 heteroatoms. The average molecular weight is 212 g/mol. The molecule has 0 amide bonds. The summed E-state index contributed by atoms with van der Waals surface area (Å²) in [6.45, 7) is 3.73. The lowest BCUT2D eigenvalue weighted by atomic mass is 10.4. The van der Waals surface area contributed by atoms with Crippen molar-refractivity contribution < 1.29 is 4.42 Å². The predicted octanol–water partition coefficient (Wildman–Crippen LogP) is 1.97. The summed E-state index contributed by atoms with van der Waals surface area (Å²) >= 11 is 1.97. The first-order valence-electron chi connectivity index (χ1n) is 4.91. The molecule has 1 aliphatic rings. The van der Waals surface area contributed by atoms with E-state index in [0.29, 0.717) is 4.75 Å². The summed E-state index contributed by atoms with van der Waals surface area (Å²) in [7, 11) is 0. The van der Waals surface area contributed by atoms with Crippen LogP contribution in [0.3, 0.4) is 0 Å². The van der Waals surface area contributed by atoms with Gasteiger partial charge < -0.3 is 9.73 Å². The molecule has 0 aromatic carbocycles. The zero-order chi connectivity index (χ0) is 10.0. The van der Waals surface area contributed by atoms with E-state index in [0.717, 1.165) is 24.7 Å². The van der Waals surface area contributed by atoms with Crippen molar-refractivity contribution in [3.8, 4) is 0 Å². The van der Waals surface area contributed by atoms with Crippen LogP contribution in [0.15, 0.2) is 10.6 Å². The van der Waals surface area contributed by atoms with Crippen molar-refractivity contribution in [2.75, 3.05) is 12.8 Å². The van der Waals surface area contributed by atoms with Crippen molar-refractivity contribution in [2.24, 2.45) is 0 Å². The highest BCUT2D eigenvalue weighted by atomic mass is 32.2. The fraction of sp³-hybridized carbons (Fsp3) is 0.700. The van der Waals surface area contributed by atoms with Crippen LogP contribution in [-0.4, -0.2) is 22.5 Å². The van der Waals surface area contributed by atoms with E-state index in [2.05, 4.69) is 16.6 Å². The van der Waals surface area contributed by atoms with Crippen LogP contribution in [0.4, 0.5) is 0 Å². The van der Waals surface area contributed by atoms with Gasteiger partial charge in [0, 0.05) is 11.3 Å². The topological polar surface area (TPSA) is 38.1 Å². The van der Waals surface area contributed by atoms with E-state index in [9.17, 15) is 0 Å². The molecule has 1 N–H and O–H groups in total. The van der Waals surface area contributed by atoms with Gasteiger partial charge in [0.1, 0.15) is 5.76 Å². The van der Waals surface area contributed by atoms with Gasteiger partial charge in [-0.3, -0.25) is 0 Å². The van der Waals surface area contributed by atoms with Crippen LogP contribution >= 0.6 is 11.8 Å². The first kappa shape index (κ1) is 10.1. The Morgan fingerprint density at radius 3 is 2.93 bits per heavy atom. The monoisotopic (exact) mass is 212 g/mol. The van der Waals surface area contributed by atoms with E-state index >= 15 is 0 Å². The molecule has 0 saturated heterocycles. The average Bonchev–Trinajstić information content (AvgIpc) is 2.84. The van der Waals surface area contributed by atoms with Crippen LogP contribution < -0.4 is 5.32 Å². The van der Waals surface area contributed by atoms with E-state index < -0.39 is 0 Å². The molecule has 2 rings (SSSR count). The molecule has 14 heavy (non-hydrogen) atoms. The Kier molecular flexibility index (Phi) is 2.83. The van der Waals surface area contributed by atoms with Crippen molar-refractivity contribution in [1.29, 1.82) is 0 Å². The molecule has 1 fully saturated rings. The first-order valence-corrected chi connectivity index (χ1v) is 6.14. The van der Waals surface area contributed by atoms with Gasteiger partial charge in [-0.25, -0.2) is 4.98 Å². The van der Waals surface area contributed by atoms with Gasteiger partial charge in [-0.05, 0) is 26.0 Å². The largest absolute Gasteiger partial charge is 0.445 e. The Bertz CT molecular complexity index is 307. The van der Waals surface area contributed by atoms with Crippen LogP contribution in [0.5, 0.6) is 0 Å². The second-order valence-electron chi connectivity index (χ2n) is 3.86. The molecule has 1 heterocycles. The Morgan fingerprint density at radius 2 is 2.43 bits per heavy atom. The number of hydrogen-bond donors (Lipinski definition) is 1. The van der Waals surface area contributed by atoms with Crippen LogP contribution in [-0.2, 0) is 6.54 Å². The summed E-state index contributed by atoms with van der Waals surface area (Å²) in [5.41, 5.74) is 0. The number of aromatic nitrogens is 1. The van der Waals surface area contributed by atoms with Gasteiger partial charge in [0.05, 0.1) is 12.7 Å². The summed E-state index contributed by atoms with van der Waals surface area (Å²) in [5.74, 6) is 1.67. The first-order chi connectivity index (χ1) is 6.74. The number of thioether (sulfide) groups is 1. The minimum atomic E-state index is 0.516. The van der Waals surface area contributed by atoms with Gasteiger partial charge in [-0.2, -0.15) is 11.8 Å². The standard InChI is InChI=1S/C10H16N2OS/c1-8-5-12-9(13-8)6-11-7-10(14-2)3-4-10/h5,11H,3-4,6-7H2,1-2H3. The molecule has 0 spiro atoms. The zero-order valence-corrected chi connectivity index (χ0v) is 9.49. The van der Waals surface area contributed by atoms with Gasteiger partial charge in [-0.15, -0.1) is 0 Å². The second kappa shape index (κ2) is 3.95. The predicted molar refractivity (Wildman–Crippen MR) is 58.4 cm³/mol. The maximum absolute atomic E-state index is 5.37. The summed E-state index contributed by atoms with van der Waals surface area (Å²) < 4.78 is 5.89. The highest BCUT2D eigenvalue weighted by molar-refractivity contribution is 8.00. The van der Waals surface area contributed by atoms with Crippen molar-refractivity contribution in [3.05, 3.63) is 17.8 Å². The fourth-order valence-electron chi connectivity index (χ4n) is 1.47. The smallest absolute Gasteiger partial charge is 0.208 e. The fourth-order valence-corrected chi connectivity index (χ4v) is 2.23. The highest BCUT2D eigenvalue weighted by Crippen LogP contribution is 2.46. The van der Waals surface area contributed by atoms with Crippen LogP contribution in [0, 0.1) is 6.92 Å². The molecule has 1 aromatic rings. The molecule has 0 aliphatic heterocycles. The Labute approximate surface area is 88.7 Å². The van der Waals surface area contributed by atoms with Crippen LogP contribution in [0.25, 0.3) is 0 Å². The Hall–Kier alpha value is -0.480. The molecule has 1 aromatic heterocycles. The molecule has 1 saturated carbocycles. The number of nitrogens with zero attached hydrogens (tertiary/aromatic N) is 1. The molecule has 0 bridgehead atoms. The second-order valence-corrected chi connectivity index (χ2v) is 5.13. The van der Waals surface area contributed by atoms with Crippen molar-refractivity contribution in [1.82, 2.24) is 10.3 Å². The molecular formula is C10H16N2OS. The van der Waals surface area contributed by atoms with Gasteiger partial charge in [0.25, 0.3) is 0 Å². The molecule has 0 atom stereocenters. The zero-order valence-electron chi connectivity index (χ0n) is 8.67. The number of aryl methyl sites for hydroxylation is 1. The molecule has 78 valence electrons. The van der Waals surface area contributed by atoms with E-state index in [4.69, 9.17) is 4.42 Å². The van der Waals surface area contributed by atoms with Crippen molar-refractivity contribution in [2.45, 2.75) is 31.1 Å². The normalized spacial score (nSPS) is 18.4.